The summed E-state index contributed by atoms with van der Waals surface area (Å²) in [6, 6.07) is 0. The Morgan fingerprint density at radius 2 is 1.67 bits per heavy atom. The first kappa shape index (κ1) is 11.8. The predicted octanol–water partition coefficient (Wildman–Crippen LogP) is 3.00. The van der Waals surface area contributed by atoms with E-state index in [4.69, 9.17) is 0 Å². The summed E-state index contributed by atoms with van der Waals surface area (Å²) in [4.78, 5) is 0. The first-order valence-corrected chi connectivity index (χ1v) is 3.99. The summed E-state index contributed by atoms with van der Waals surface area (Å²) in [5, 5.41) is 0. The maximum atomic E-state index is 11.6. The molecule has 0 heterocycles. The van der Waals surface area contributed by atoms with Gasteiger partial charge in [0.25, 0.3) is 0 Å². The zero-order valence-electron chi connectivity index (χ0n) is 7.61. The molecule has 1 atom stereocenters. The van der Waals surface area contributed by atoms with Gasteiger partial charge in [0.1, 0.15) is 6.61 Å². The van der Waals surface area contributed by atoms with Crippen LogP contribution in [0.15, 0.2) is 0 Å². The highest BCUT2D eigenvalue weighted by Crippen LogP contribution is 2.17. The highest BCUT2D eigenvalue weighted by Gasteiger charge is 2.28. The van der Waals surface area contributed by atoms with E-state index in [0.29, 0.717) is 12.3 Å². The second-order valence-electron chi connectivity index (χ2n) is 3.37. The Hall–Kier alpha value is -0.250. The Morgan fingerprint density at radius 3 is 2.00 bits per heavy atom. The van der Waals surface area contributed by atoms with Crippen LogP contribution in [0.1, 0.15) is 27.2 Å². The summed E-state index contributed by atoms with van der Waals surface area (Å²) in [5.74, 6) is 0.369. The van der Waals surface area contributed by atoms with Crippen LogP contribution in [0.3, 0.4) is 0 Å². The van der Waals surface area contributed by atoms with Gasteiger partial charge in [-0.15, -0.1) is 0 Å². The fourth-order valence-corrected chi connectivity index (χ4v) is 0.969. The second kappa shape index (κ2) is 4.70. The largest absolute Gasteiger partial charge is 0.411 e. The highest BCUT2D eigenvalue weighted by molar-refractivity contribution is 4.56. The summed E-state index contributed by atoms with van der Waals surface area (Å²) >= 11 is 0. The van der Waals surface area contributed by atoms with Crippen molar-refractivity contribution in [2.75, 3.05) is 6.61 Å². The predicted molar refractivity (Wildman–Crippen MR) is 40.9 cm³/mol. The first-order chi connectivity index (χ1) is 5.31. The Morgan fingerprint density at radius 1 is 1.17 bits per heavy atom. The van der Waals surface area contributed by atoms with Gasteiger partial charge in [-0.3, -0.25) is 0 Å². The Labute approximate surface area is 70.9 Å². The number of ether oxygens (including phenoxy) is 1. The van der Waals surface area contributed by atoms with E-state index in [1.807, 2.05) is 13.8 Å². The molecule has 4 heteroatoms. The molecular formula is C8H15F3O. The lowest BCUT2D eigenvalue weighted by Crippen LogP contribution is -2.22. The van der Waals surface area contributed by atoms with E-state index in [9.17, 15) is 13.2 Å². The number of alkyl halides is 3. The molecule has 12 heavy (non-hydrogen) atoms. The van der Waals surface area contributed by atoms with Crippen molar-refractivity contribution in [1.29, 1.82) is 0 Å². The van der Waals surface area contributed by atoms with Gasteiger partial charge in [0.15, 0.2) is 0 Å². The van der Waals surface area contributed by atoms with Gasteiger partial charge >= 0.3 is 6.18 Å². The molecule has 0 saturated heterocycles. The molecule has 0 bridgehead atoms. The average molecular weight is 184 g/mol. The molecule has 0 aliphatic rings. The molecule has 0 fully saturated rings. The summed E-state index contributed by atoms with van der Waals surface area (Å²) in [6.07, 6.45) is -3.85. The van der Waals surface area contributed by atoms with E-state index in [-0.39, 0.29) is 6.10 Å². The Kier molecular flexibility index (Phi) is 4.60. The third-order valence-corrected chi connectivity index (χ3v) is 1.33. The maximum Gasteiger partial charge on any atom is 0.411 e. The van der Waals surface area contributed by atoms with Gasteiger partial charge in [0, 0.05) is 0 Å². The summed E-state index contributed by atoms with van der Waals surface area (Å²) in [6.45, 7) is 4.42. The molecule has 0 spiro atoms. The van der Waals surface area contributed by atoms with E-state index in [1.54, 1.807) is 6.92 Å². The van der Waals surface area contributed by atoms with Crippen LogP contribution >= 0.6 is 0 Å². The lowest BCUT2D eigenvalue weighted by molar-refractivity contribution is -0.184. The topological polar surface area (TPSA) is 9.23 Å². The molecule has 0 aromatic carbocycles. The van der Waals surface area contributed by atoms with Gasteiger partial charge in [-0.25, -0.2) is 0 Å². The monoisotopic (exact) mass is 184 g/mol. The fourth-order valence-electron chi connectivity index (χ4n) is 0.969. The number of halogens is 3. The van der Waals surface area contributed by atoms with Crippen molar-refractivity contribution in [3.8, 4) is 0 Å². The third-order valence-electron chi connectivity index (χ3n) is 1.33. The van der Waals surface area contributed by atoms with Crippen molar-refractivity contribution in [2.45, 2.75) is 39.5 Å². The minimum absolute atomic E-state index is 0.313. The molecule has 0 rings (SSSR count). The van der Waals surface area contributed by atoms with Crippen molar-refractivity contribution in [3.05, 3.63) is 0 Å². The lowest BCUT2D eigenvalue weighted by atomic mass is 10.1. The van der Waals surface area contributed by atoms with Crippen LogP contribution in [0.25, 0.3) is 0 Å². The number of hydrogen-bond acceptors (Lipinski definition) is 1. The number of hydrogen-bond donors (Lipinski definition) is 0. The van der Waals surface area contributed by atoms with E-state index in [1.165, 1.54) is 0 Å². The molecule has 0 aromatic heterocycles. The van der Waals surface area contributed by atoms with E-state index >= 15 is 0 Å². The quantitative estimate of drug-likeness (QED) is 0.652. The zero-order valence-corrected chi connectivity index (χ0v) is 7.61. The Bertz CT molecular complexity index is 120. The molecular weight excluding hydrogens is 169 g/mol. The van der Waals surface area contributed by atoms with E-state index < -0.39 is 12.8 Å². The summed E-state index contributed by atoms with van der Waals surface area (Å²) in [5.41, 5.74) is 0. The molecule has 0 saturated carbocycles. The smallest absolute Gasteiger partial charge is 0.369 e. The van der Waals surface area contributed by atoms with Crippen LogP contribution < -0.4 is 0 Å². The SMILES string of the molecule is CC(C)CC(C)OCC(F)(F)F. The van der Waals surface area contributed by atoms with Crippen molar-refractivity contribution >= 4 is 0 Å². The first-order valence-electron chi connectivity index (χ1n) is 3.99. The van der Waals surface area contributed by atoms with Gasteiger partial charge in [-0.05, 0) is 19.3 Å². The molecule has 0 N–H and O–H groups in total. The van der Waals surface area contributed by atoms with Gasteiger partial charge in [0.2, 0.25) is 0 Å². The van der Waals surface area contributed by atoms with E-state index in [2.05, 4.69) is 4.74 Å². The van der Waals surface area contributed by atoms with Gasteiger partial charge in [-0.1, -0.05) is 13.8 Å². The summed E-state index contributed by atoms with van der Waals surface area (Å²) in [7, 11) is 0. The van der Waals surface area contributed by atoms with Gasteiger partial charge in [-0.2, -0.15) is 13.2 Å². The van der Waals surface area contributed by atoms with Crippen LogP contribution in [0, 0.1) is 5.92 Å². The molecule has 1 nitrogen and oxygen atoms in total. The molecule has 0 amide bonds. The standard InChI is InChI=1S/C8H15F3O/c1-6(2)4-7(3)12-5-8(9,10)11/h6-7H,4-5H2,1-3H3. The van der Waals surface area contributed by atoms with Crippen molar-refractivity contribution in [3.63, 3.8) is 0 Å². The zero-order chi connectivity index (χ0) is 9.78. The van der Waals surface area contributed by atoms with Gasteiger partial charge < -0.3 is 4.74 Å². The second-order valence-corrected chi connectivity index (χ2v) is 3.37. The lowest BCUT2D eigenvalue weighted by Gasteiger charge is -2.16. The van der Waals surface area contributed by atoms with Crippen LogP contribution in [-0.2, 0) is 4.74 Å². The number of rotatable bonds is 4. The summed E-state index contributed by atoms with van der Waals surface area (Å²) < 4.78 is 39.5. The van der Waals surface area contributed by atoms with Crippen molar-refractivity contribution < 1.29 is 17.9 Å². The molecule has 74 valence electrons. The fraction of sp³-hybridized carbons (Fsp3) is 1.00. The molecule has 0 radical (unpaired) electrons. The van der Waals surface area contributed by atoms with Crippen LogP contribution in [0.4, 0.5) is 13.2 Å². The minimum Gasteiger partial charge on any atom is -0.369 e. The Balaban J connectivity index is 3.51. The maximum absolute atomic E-state index is 11.6. The normalized spacial score (nSPS) is 15.2. The van der Waals surface area contributed by atoms with Crippen molar-refractivity contribution in [1.82, 2.24) is 0 Å². The highest BCUT2D eigenvalue weighted by atomic mass is 19.4. The molecule has 0 aromatic rings. The van der Waals surface area contributed by atoms with Crippen LogP contribution in [-0.4, -0.2) is 18.9 Å². The van der Waals surface area contributed by atoms with Crippen LogP contribution in [0.5, 0.6) is 0 Å². The van der Waals surface area contributed by atoms with Gasteiger partial charge in [0.05, 0.1) is 6.10 Å². The minimum atomic E-state index is -4.20. The average Bonchev–Trinajstić information content (AvgIpc) is 1.80. The van der Waals surface area contributed by atoms with Crippen LogP contribution in [0.2, 0.25) is 0 Å². The van der Waals surface area contributed by atoms with E-state index in [0.717, 1.165) is 0 Å². The molecule has 0 aliphatic heterocycles. The molecule has 0 aliphatic carbocycles. The molecule has 1 unspecified atom stereocenters. The third kappa shape index (κ3) is 7.85. The van der Waals surface area contributed by atoms with Crippen molar-refractivity contribution in [2.24, 2.45) is 5.92 Å².